The van der Waals surface area contributed by atoms with E-state index in [0.29, 0.717) is 19.3 Å². The number of hydrogen-bond donors (Lipinski definition) is 3. The Morgan fingerprint density at radius 3 is 0.884 bits per heavy atom. The van der Waals surface area contributed by atoms with Crippen molar-refractivity contribution in [2.45, 2.75) is 386 Å². The van der Waals surface area contributed by atoms with Crippen LogP contribution >= 0.6 is 0 Å². The van der Waals surface area contributed by atoms with Crippen LogP contribution in [0.4, 0.5) is 0 Å². The van der Waals surface area contributed by atoms with E-state index in [2.05, 4.69) is 26.1 Å². The van der Waals surface area contributed by atoms with Crippen molar-refractivity contribution >= 4 is 11.9 Å². The number of aliphatic hydroxyl groups excluding tert-OH is 2. The van der Waals surface area contributed by atoms with E-state index in [-0.39, 0.29) is 24.9 Å². The highest BCUT2D eigenvalue weighted by Gasteiger charge is 2.24. The first-order valence-electron chi connectivity index (χ1n) is 31.8. The fourth-order valence-electron chi connectivity index (χ4n) is 10.4. The summed E-state index contributed by atoms with van der Waals surface area (Å²) in [5.41, 5.74) is 0. The molecule has 3 atom stereocenters. The van der Waals surface area contributed by atoms with Gasteiger partial charge in [-0.1, -0.05) is 329 Å². The second-order valence-electron chi connectivity index (χ2n) is 22.2. The van der Waals surface area contributed by atoms with Gasteiger partial charge in [0.2, 0.25) is 5.91 Å². The highest BCUT2D eigenvalue weighted by Crippen LogP contribution is 2.20. The van der Waals surface area contributed by atoms with Crippen LogP contribution in [0.2, 0.25) is 0 Å². The molecule has 0 aliphatic carbocycles. The number of carbonyl (C=O) groups is 2. The van der Waals surface area contributed by atoms with E-state index in [1.165, 1.54) is 283 Å². The third-order valence-corrected chi connectivity index (χ3v) is 15.2. The highest BCUT2D eigenvalue weighted by molar-refractivity contribution is 5.77. The van der Waals surface area contributed by atoms with Gasteiger partial charge in [0.1, 0.15) is 6.10 Å². The number of nitrogens with one attached hydrogen (secondary N) is 1. The lowest BCUT2D eigenvalue weighted by molar-refractivity contribution is -0.151. The van der Waals surface area contributed by atoms with Gasteiger partial charge < -0.3 is 20.3 Å². The molecule has 0 aliphatic rings. The summed E-state index contributed by atoms with van der Waals surface area (Å²) < 4.78 is 5.99. The van der Waals surface area contributed by atoms with E-state index >= 15 is 0 Å². The normalized spacial score (nSPS) is 12.9. The van der Waals surface area contributed by atoms with Gasteiger partial charge >= 0.3 is 5.97 Å². The molecule has 3 N–H and O–H groups in total. The summed E-state index contributed by atoms with van der Waals surface area (Å²) in [4.78, 5) is 26.4. The first-order chi connectivity index (χ1) is 34.0. The monoisotopic (exact) mass is 976 g/mol. The number of rotatable bonds is 59. The molecule has 0 bridgehead atoms. The number of hydrogen-bond acceptors (Lipinski definition) is 5. The number of esters is 1. The average molecular weight is 977 g/mol. The van der Waals surface area contributed by atoms with Crippen molar-refractivity contribution in [3.8, 4) is 0 Å². The number of aliphatic hydroxyl groups is 2. The van der Waals surface area contributed by atoms with Crippen molar-refractivity contribution in [2.75, 3.05) is 6.61 Å². The number of carbonyl (C=O) groups excluding carboxylic acids is 2. The fraction of sp³-hybridized carbons (Fsp3) is 0.968. The topological polar surface area (TPSA) is 95.9 Å². The Hall–Kier alpha value is -1.14. The third-order valence-electron chi connectivity index (χ3n) is 15.2. The molecule has 3 unspecified atom stereocenters. The van der Waals surface area contributed by atoms with Crippen molar-refractivity contribution < 1.29 is 24.5 Å². The van der Waals surface area contributed by atoms with Gasteiger partial charge in [-0.3, -0.25) is 9.59 Å². The minimum atomic E-state index is -0.781. The largest absolute Gasteiger partial charge is 0.462 e. The van der Waals surface area contributed by atoms with Crippen LogP contribution in [0, 0.1) is 0 Å². The van der Waals surface area contributed by atoms with Gasteiger partial charge in [0, 0.05) is 6.42 Å². The summed E-state index contributed by atoms with van der Waals surface area (Å²) in [7, 11) is 0. The summed E-state index contributed by atoms with van der Waals surface area (Å²) in [6.45, 7) is 6.56. The minimum absolute atomic E-state index is 0.0891. The Kier molecular flexibility index (Phi) is 56.8. The summed E-state index contributed by atoms with van der Waals surface area (Å²) in [5.74, 6) is -0.440. The maximum Gasteiger partial charge on any atom is 0.306 e. The molecule has 0 radical (unpaired) electrons. The third kappa shape index (κ3) is 53.0. The Labute approximate surface area is 432 Å². The zero-order valence-corrected chi connectivity index (χ0v) is 47.2. The standard InChI is InChI=1S/C63H125NO5/c1-4-7-10-13-16-19-22-25-28-30-32-35-38-41-44-47-50-53-56-63(68)69-59(54-51-48-45-42-39-36-33-27-24-21-18-15-12-9-6-3)57-62(67)64-60(58-65)61(66)55-52-49-46-43-40-37-34-31-29-26-23-20-17-14-11-8-5-2/h59-61,65-66H,4-58H2,1-3H3,(H,64,67). The smallest absolute Gasteiger partial charge is 0.306 e. The molecule has 0 saturated carbocycles. The summed E-state index contributed by atoms with van der Waals surface area (Å²) in [5, 5.41) is 24.0. The lowest BCUT2D eigenvalue weighted by Crippen LogP contribution is -2.46. The molecule has 0 fully saturated rings. The highest BCUT2D eigenvalue weighted by atomic mass is 16.5. The summed E-state index contributed by atoms with van der Waals surface area (Å²) >= 11 is 0. The molecule has 0 saturated heterocycles. The fourth-order valence-corrected chi connectivity index (χ4v) is 10.4. The second-order valence-corrected chi connectivity index (χ2v) is 22.2. The molecular weight excluding hydrogens is 851 g/mol. The molecule has 0 rings (SSSR count). The van der Waals surface area contributed by atoms with Gasteiger partial charge in [-0.2, -0.15) is 0 Å². The number of ether oxygens (including phenoxy) is 1. The predicted octanol–water partition coefficient (Wildman–Crippen LogP) is 19.9. The molecule has 0 heterocycles. The second kappa shape index (κ2) is 57.8. The molecule has 6 heteroatoms. The van der Waals surface area contributed by atoms with Crippen LogP contribution in [0.15, 0.2) is 0 Å². The zero-order valence-electron chi connectivity index (χ0n) is 47.2. The van der Waals surface area contributed by atoms with Crippen molar-refractivity contribution in [2.24, 2.45) is 0 Å². The lowest BCUT2D eigenvalue weighted by Gasteiger charge is -2.24. The molecule has 6 nitrogen and oxygen atoms in total. The van der Waals surface area contributed by atoms with E-state index < -0.39 is 18.2 Å². The van der Waals surface area contributed by atoms with E-state index in [1.807, 2.05) is 0 Å². The Morgan fingerprint density at radius 2 is 0.609 bits per heavy atom. The van der Waals surface area contributed by atoms with Gasteiger partial charge in [0.05, 0.1) is 25.2 Å². The van der Waals surface area contributed by atoms with Crippen LogP contribution in [0.5, 0.6) is 0 Å². The average Bonchev–Trinajstić information content (AvgIpc) is 3.34. The lowest BCUT2D eigenvalue weighted by atomic mass is 10.0. The van der Waals surface area contributed by atoms with Crippen molar-refractivity contribution in [3.63, 3.8) is 0 Å². The molecule has 0 aromatic heterocycles. The van der Waals surface area contributed by atoms with Gasteiger partial charge in [-0.05, 0) is 25.7 Å². The van der Waals surface area contributed by atoms with Gasteiger partial charge in [-0.25, -0.2) is 0 Å². The molecule has 412 valence electrons. The maximum atomic E-state index is 13.3. The molecule has 1 amide bonds. The predicted molar refractivity (Wildman–Crippen MR) is 301 cm³/mol. The first-order valence-corrected chi connectivity index (χ1v) is 31.8. The minimum Gasteiger partial charge on any atom is -0.462 e. The van der Waals surface area contributed by atoms with Crippen LogP contribution in [0.25, 0.3) is 0 Å². The van der Waals surface area contributed by atoms with E-state index in [0.717, 1.165) is 38.5 Å². The molecule has 0 spiro atoms. The Balaban J connectivity index is 4.44. The van der Waals surface area contributed by atoms with E-state index in [1.54, 1.807) is 0 Å². The molecular formula is C63H125NO5. The quantitative estimate of drug-likeness (QED) is 0.0417. The SMILES string of the molecule is CCCCCCCCCCCCCCCCCCCCC(=O)OC(CCCCCCCCCCCCCCCCC)CC(=O)NC(CO)C(O)CCCCCCCCCCCCCCCCCCC. The Bertz CT molecular complexity index is 1010. The number of amides is 1. The van der Waals surface area contributed by atoms with Gasteiger partial charge in [0.15, 0.2) is 0 Å². The molecule has 0 aromatic carbocycles. The van der Waals surface area contributed by atoms with Crippen LogP contribution in [0.1, 0.15) is 367 Å². The number of unbranched alkanes of at least 4 members (excludes halogenated alkanes) is 47. The van der Waals surface area contributed by atoms with Crippen molar-refractivity contribution in [1.29, 1.82) is 0 Å². The van der Waals surface area contributed by atoms with Gasteiger partial charge in [-0.15, -0.1) is 0 Å². The van der Waals surface area contributed by atoms with Crippen LogP contribution in [-0.4, -0.2) is 46.9 Å². The van der Waals surface area contributed by atoms with Crippen LogP contribution in [0.3, 0.4) is 0 Å². The van der Waals surface area contributed by atoms with E-state index in [4.69, 9.17) is 4.74 Å². The van der Waals surface area contributed by atoms with Crippen molar-refractivity contribution in [1.82, 2.24) is 5.32 Å². The zero-order chi connectivity index (χ0) is 50.2. The maximum absolute atomic E-state index is 13.3. The van der Waals surface area contributed by atoms with Crippen LogP contribution < -0.4 is 5.32 Å². The summed E-state index contributed by atoms with van der Waals surface area (Å²) in [6, 6.07) is -0.694. The Morgan fingerprint density at radius 1 is 0.362 bits per heavy atom. The molecule has 69 heavy (non-hydrogen) atoms. The first kappa shape index (κ1) is 67.9. The molecule has 0 aliphatic heterocycles. The summed E-state index contributed by atoms with van der Waals surface area (Å²) in [6.07, 6.45) is 66.1. The van der Waals surface area contributed by atoms with Crippen LogP contribution in [-0.2, 0) is 14.3 Å². The van der Waals surface area contributed by atoms with E-state index in [9.17, 15) is 19.8 Å². The van der Waals surface area contributed by atoms with Crippen molar-refractivity contribution in [3.05, 3.63) is 0 Å². The van der Waals surface area contributed by atoms with Gasteiger partial charge in [0.25, 0.3) is 0 Å². The molecule has 0 aromatic rings.